The Hall–Kier alpha value is -2.14. The molecule has 0 amide bonds. The molecule has 2 heterocycles. The van der Waals surface area contributed by atoms with Gasteiger partial charge in [0, 0.05) is 5.39 Å². The van der Waals surface area contributed by atoms with E-state index in [0.717, 1.165) is 33.7 Å². The standard InChI is InChI=1S/C14H16N4O/c1-8-7-12-16-17-14(9(2)15)18(12)13-10(8)5-4-6-11(13)19-3/h4-7,9H,15H2,1-3H3. The van der Waals surface area contributed by atoms with E-state index in [1.165, 1.54) is 0 Å². The molecule has 2 aromatic heterocycles. The number of fused-ring (bicyclic) bond motifs is 3. The number of nitrogens with zero attached hydrogens (tertiary/aromatic N) is 3. The lowest BCUT2D eigenvalue weighted by atomic mass is 10.1. The molecule has 0 spiro atoms. The average molecular weight is 256 g/mol. The number of benzene rings is 1. The second-order valence-electron chi connectivity index (χ2n) is 4.72. The van der Waals surface area contributed by atoms with Crippen molar-refractivity contribution in [3.05, 3.63) is 35.7 Å². The van der Waals surface area contributed by atoms with Gasteiger partial charge in [-0.2, -0.15) is 0 Å². The molecule has 3 rings (SSSR count). The topological polar surface area (TPSA) is 65.4 Å². The molecule has 0 fully saturated rings. The lowest BCUT2D eigenvalue weighted by Crippen LogP contribution is -2.10. The van der Waals surface area contributed by atoms with Crippen molar-refractivity contribution >= 4 is 16.6 Å². The fourth-order valence-corrected chi connectivity index (χ4v) is 2.43. The molecule has 98 valence electrons. The Balaban J connectivity index is 2.58. The molecule has 1 aromatic carbocycles. The van der Waals surface area contributed by atoms with E-state index in [2.05, 4.69) is 23.2 Å². The molecular weight excluding hydrogens is 240 g/mol. The number of ether oxygens (including phenoxy) is 1. The molecule has 0 saturated heterocycles. The Kier molecular flexibility index (Phi) is 2.64. The van der Waals surface area contributed by atoms with Crippen molar-refractivity contribution in [2.75, 3.05) is 7.11 Å². The van der Waals surface area contributed by atoms with Gasteiger partial charge in [-0.05, 0) is 31.5 Å². The van der Waals surface area contributed by atoms with E-state index in [1.807, 2.05) is 29.5 Å². The molecule has 5 nitrogen and oxygen atoms in total. The summed E-state index contributed by atoms with van der Waals surface area (Å²) in [6.07, 6.45) is 0. The molecule has 0 aliphatic carbocycles. The summed E-state index contributed by atoms with van der Waals surface area (Å²) in [5.74, 6) is 1.54. The summed E-state index contributed by atoms with van der Waals surface area (Å²) in [4.78, 5) is 0. The number of pyridine rings is 1. The lowest BCUT2D eigenvalue weighted by Gasteiger charge is -2.12. The van der Waals surface area contributed by atoms with Gasteiger partial charge in [0.05, 0.1) is 18.7 Å². The highest BCUT2D eigenvalue weighted by molar-refractivity contribution is 5.90. The first-order valence-corrected chi connectivity index (χ1v) is 6.20. The maximum atomic E-state index is 5.98. The Morgan fingerprint density at radius 3 is 2.79 bits per heavy atom. The van der Waals surface area contributed by atoms with Gasteiger partial charge in [0.25, 0.3) is 0 Å². The number of aryl methyl sites for hydroxylation is 1. The van der Waals surface area contributed by atoms with E-state index in [1.54, 1.807) is 7.11 Å². The highest BCUT2D eigenvalue weighted by atomic mass is 16.5. The van der Waals surface area contributed by atoms with Gasteiger partial charge in [-0.25, -0.2) is 0 Å². The summed E-state index contributed by atoms with van der Waals surface area (Å²) < 4.78 is 7.46. The molecule has 3 aromatic rings. The van der Waals surface area contributed by atoms with Gasteiger partial charge < -0.3 is 10.5 Å². The first-order valence-electron chi connectivity index (χ1n) is 6.20. The quantitative estimate of drug-likeness (QED) is 0.763. The number of hydrogen-bond donors (Lipinski definition) is 1. The zero-order valence-corrected chi connectivity index (χ0v) is 11.2. The molecule has 0 bridgehead atoms. The van der Waals surface area contributed by atoms with Gasteiger partial charge in [-0.15, -0.1) is 10.2 Å². The summed E-state index contributed by atoms with van der Waals surface area (Å²) in [5.41, 5.74) is 8.89. The van der Waals surface area contributed by atoms with Crippen molar-refractivity contribution in [1.29, 1.82) is 0 Å². The van der Waals surface area contributed by atoms with Crippen molar-refractivity contribution in [3.63, 3.8) is 0 Å². The summed E-state index contributed by atoms with van der Waals surface area (Å²) in [5, 5.41) is 9.52. The lowest BCUT2D eigenvalue weighted by molar-refractivity contribution is 0.418. The van der Waals surface area contributed by atoms with Gasteiger partial charge in [0.15, 0.2) is 11.5 Å². The molecule has 19 heavy (non-hydrogen) atoms. The van der Waals surface area contributed by atoms with E-state index >= 15 is 0 Å². The van der Waals surface area contributed by atoms with Crippen LogP contribution in [0, 0.1) is 6.92 Å². The molecule has 0 radical (unpaired) electrons. The number of nitrogens with two attached hydrogens (primary N) is 1. The van der Waals surface area contributed by atoms with E-state index in [-0.39, 0.29) is 6.04 Å². The van der Waals surface area contributed by atoms with Gasteiger partial charge in [0.2, 0.25) is 0 Å². The van der Waals surface area contributed by atoms with Crippen LogP contribution in [0.2, 0.25) is 0 Å². The van der Waals surface area contributed by atoms with Crippen LogP contribution < -0.4 is 10.5 Å². The number of para-hydroxylation sites is 1. The van der Waals surface area contributed by atoms with Crippen molar-refractivity contribution in [2.24, 2.45) is 5.73 Å². The summed E-state index contributed by atoms with van der Waals surface area (Å²) in [7, 11) is 1.67. The third-order valence-electron chi connectivity index (χ3n) is 3.33. The summed E-state index contributed by atoms with van der Waals surface area (Å²) in [6, 6.07) is 7.81. The first-order chi connectivity index (χ1) is 9.13. The SMILES string of the molecule is COc1cccc2c(C)cc3nnc(C(C)N)n3c12. The van der Waals surface area contributed by atoms with E-state index < -0.39 is 0 Å². The molecule has 0 saturated carbocycles. The van der Waals surface area contributed by atoms with Crippen LogP contribution in [-0.4, -0.2) is 21.7 Å². The van der Waals surface area contributed by atoms with Crippen molar-refractivity contribution in [1.82, 2.24) is 14.6 Å². The zero-order valence-electron chi connectivity index (χ0n) is 11.2. The zero-order chi connectivity index (χ0) is 13.6. The van der Waals surface area contributed by atoms with Gasteiger partial charge in [-0.1, -0.05) is 12.1 Å². The van der Waals surface area contributed by atoms with Crippen LogP contribution in [0.5, 0.6) is 5.75 Å². The second kappa shape index (κ2) is 4.20. The molecule has 0 aliphatic heterocycles. The van der Waals surface area contributed by atoms with Gasteiger partial charge in [0.1, 0.15) is 5.75 Å². The van der Waals surface area contributed by atoms with Crippen LogP contribution in [0.15, 0.2) is 24.3 Å². The van der Waals surface area contributed by atoms with Crippen LogP contribution in [0.1, 0.15) is 24.4 Å². The number of hydrogen-bond acceptors (Lipinski definition) is 4. The predicted octanol–water partition coefficient (Wildman–Crippen LogP) is 2.22. The fraction of sp³-hybridized carbons (Fsp3) is 0.286. The van der Waals surface area contributed by atoms with E-state index in [0.29, 0.717) is 0 Å². The highest BCUT2D eigenvalue weighted by Gasteiger charge is 2.16. The minimum absolute atomic E-state index is 0.189. The van der Waals surface area contributed by atoms with E-state index in [4.69, 9.17) is 10.5 Å². The van der Waals surface area contributed by atoms with Crippen LogP contribution >= 0.6 is 0 Å². The number of aromatic nitrogens is 3. The predicted molar refractivity (Wildman–Crippen MR) is 74.4 cm³/mol. The third kappa shape index (κ3) is 1.66. The smallest absolute Gasteiger partial charge is 0.161 e. The maximum Gasteiger partial charge on any atom is 0.161 e. The Bertz CT molecular complexity index is 761. The number of methoxy groups -OCH3 is 1. The molecule has 1 unspecified atom stereocenters. The Morgan fingerprint density at radius 1 is 1.32 bits per heavy atom. The van der Waals surface area contributed by atoms with Crippen molar-refractivity contribution in [3.8, 4) is 5.75 Å². The molecule has 2 N–H and O–H groups in total. The van der Waals surface area contributed by atoms with Crippen molar-refractivity contribution in [2.45, 2.75) is 19.9 Å². The molecule has 5 heteroatoms. The number of rotatable bonds is 2. The van der Waals surface area contributed by atoms with Crippen LogP contribution in [0.4, 0.5) is 0 Å². The normalized spacial score (nSPS) is 13.1. The largest absolute Gasteiger partial charge is 0.495 e. The summed E-state index contributed by atoms with van der Waals surface area (Å²) >= 11 is 0. The van der Waals surface area contributed by atoms with Crippen molar-refractivity contribution < 1.29 is 4.74 Å². The Morgan fingerprint density at radius 2 is 2.11 bits per heavy atom. The minimum Gasteiger partial charge on any atom is -0.495 e. The Labute approximate surface area is 111 Å². The summed E-state index contributed by atoms with van der Waals surface area (Å²) in [6.45, 7) is 3.96. The van der Waals surface area contributed by atoms with Gasteiger partial charge in [-0.3, -0.25) is 4.40 Å². The first kappa shape index (κ1) is 11.9. The van der Waals surface area contributed by atoms with E-state index in [9.17, 15) is 0 Å². The highest BCUT2D eigenvalue weighted by Crippen LogP contribution is 2.30. The minimum atomic E-state index is -0.189. The van der Waals surface area contributed by atoms with Crippen LogP contribution in [0.25, 0.3) is 16.6 Å². The van der Waals surface area contributed by atoms with Gasteiger partial charge >= 0.3 is 0 Å². The maximum absolute atomic E-state index is 5.98. The third-order valence-corrected chi connectivity index (χ3v) is 3.33. The second-order valence-corrected chi connectivity index (χ2v) is 4.72. The molecular formula is C14H16N4O. The molecule has 0 aliphatic rings. The van der Waals surface area contributed by atoms with Crippen LogP contribution in [-0.2, 0) is 0 Å². The fourth-order valence-electron chi connectivity index (χ4n) is 2.43. The van der Waals surface area contributed by atoms with Crippen LogP contribution in [0.3, 0.4) is 0 Å². The molecule has 1 atom stereocenters. The average Bonchev–Trinajstić information content (AvgIpc) is 2.82. The monoisotopic (exact) mass is 256 g/mol.